The van der Waals surface area contributed by atoms with Crippen LogP contribution in [0.4, 0.5) is 5.69 Å². The second-order valence-corrected chi connectivity index (χ2v) is 4.54. The second-order valence-electron chi connectivity index (χ2n) is 4.54. The molecule has 1 aliphatic heterocycles. The lowest BCUT2D eigenvalue weighted by atomic mass is 10.1. The molecule has 1 atom stereocenters. The van der Waals surface area contributed by atoms with Crippen molar-refractivity contribution in [2.75, 3.05) is 25.1 Å². The summed E-state index contributed by atoms with van der Waals surface area (Å²) in [5.74, 6) is 5.36. The number of ether oxygens (including phenoxy) is 1. The van der Waals surface area contributed by atoms with Gasteiger partial charge in [0.1, 0.15) is 0 Å². The number of nitrogens with one attached hydrogen (secondary N) is 1. The minimum absolute atomic E-state index is 0.0478. The highest BCUT2D eigenvalue weighted by Gasteiger charge is 2.23. The molecule has 0 aliphatic carbocycles. The third-order valence-corrected chi connectivity index (χ3v) is 3.32. The van der Waals surface area contributed by atoms with E-state index in [-0.39, 0.29) is 12.0 Å². The normalized spacial score (nSPS) is 18.3. The van der Waals surface area contributed by atoms with E-state index >= 15 is 0 Å². The maximum atomic E-state index is 12.5. The Morgan fingerprint density at radius 3 is 3.16 bits per heavy atom. The van der Waals surface area contributed by atoms with E-state index in [2.05, 4.69) is 10.4 Å². The quantitative estimate of drug-likeness (QED) is 0.613. The maximum Gasteiger partial charge on any atom is 0.256 e. The smallest absolute Gasteiger partial charge is 0.256 e. The van der Waals surface area contributed by atoms with Gasteiger partial charge < -0.3 is 15.1 Å². The molecule has 0 spiro atoms. The number of carbonyl (C=O) groups excluding carboxylic acids is 1. The van der Waals surface area contributed by atoms with Gasteiger partial charge in [0.2, 0.25) is 0 Å². The monoisotopic (exact) mass is 264 g/mol. The van der Waals surface area contributed by atoms with E-state index in [0.717, 1.165) is 19.4 Å². The number of pyridine rings is 1. The lowest BCUT2D eigenvalue weighted by Gasteiger charge is -2.24. The molecule has 19 heavy (non-hydrogen) atoms. The topological polar surface area (TPSA) is 80.5 Å². The average molecular weight is 264 g/mol. The standard InChI is InChI=1S/C13H20N4O2/c1-2-17(9-10-4-3-7-19-10)13(18)11-5-6-15-8-12(11)16-14/h5-6,8,10,16H,2-4,7,9,14H2,1H3. The van der Waals surface area contributed by atoms with Crippen LogP contribution in [-0.4, -0.2) is 41.6 Å². The zero-order chi connectivity index (χ0) is 13.7. The number of nitrogen functional groups attached to an aromatic ring is 1. The molecule has 3 N–H and O–H groups in total. The predicted molar refractivity (Wildman–Crippen MR) is 72.6 cm³/mol. The summed E-state index contributed by atoms with van der Waals surface area (Å²) in [5.41, 5.74) is 3.59. The van der Waals surface area contributed by atoms with Crippen molar-refractivity contribution in [2.45, 2.75) is 25.9 Å². The van der Waals surface area contributed by atoms with Crippen molar-refractivity contribution in [3.63, 3.8) is 0 Å². The van der Waals surface area contributed by atoms with Crippen LogP contribution >= 0.6 is 0 Å². The molecule has 1 unspecified atom stereocenters. The van der Waals surface area contributed by atoms with Crippen molar-refractivity contribution in [3.05, 3.63) is 24.0 Å². The van der Waals surface area contributed by atoms with Crippen LogP contribution in [0.15, 0.2) is 18.5 Å². The molecule has 2 heterocycles. The van der Waals surface area contributed by atoms with Gasteiger partial charge in [-0.15, -0.1) is 0 Å². The van der Waals surface area contributed by atoms with Crippen molar-refractivity contribution >= 4 is 11.6 Å². The SMILES string of the molecule is CCN(CC1CCCO1)C(=O)c1ccncc1NN. The molecule has 0 saturated carbocycles. The Hall–Kier alpha value is -1.66. The molecule has 0 radical (unpaired) electrons. The van der Waals surface area contributed by atoms with Gasteiger partial charge in [0, 0.05) is 25.9 Å². The van der Waals surface area contributed by atoms with Crippen LogP contribution in [0.5, 0.6) is 0 Å². The van der Waals surface area contributed by atoms with Crippen molar-refractivity contribution in [1.29, 1.82) is 0 Å². The van der Waals surface area contributed by atoms with E-state index in [1.54, 1.807) is 23.4 Å². The molecule has 1 aliphatic rings. The molecule has 0 bridgehead atoms. The number of hydrogen-bond donors (Lipinski definition) is 2. The van der Waals surface area contributed by atoms with Crippen LogP contribution in [-0.2, 0) is 4.74 Å². The summed E-state index contributed by atoms with van der Waals surface area (Å²) >= 11 is 0. The number of nitrogens with two attached hydrogens (primary N) is 1. The molecule has 1 amide bonds. The number of amides is 1. The molecule has 1 aromatic heterocycles. The van der Waals surface area contributed by atoms with Crippen LogP contribution in [0, 0.1) is 0 Å². The van der Waals surface area contributed by atoms with Gasteiger partial charge in [0.05, 0.1) is 23.6 Å². The van der Waals surface area contributed by atoms with Crippen molar-refractivity contribution in [2.24, 2.45) is 5.84 Å². The van der Waals surface area contributed by atoms with Gasteiger partial charge in [-0.3, -0.25) is 15.6 Å². The highest BCUT2D eigenvalue weighted by atomic mass is 16.5. The molecular formula is C13H20N4O2. The van der Waals surface area contributed by atoms with Crippen molar-refractivity contribution < 1.29 is 9.53 Å². The Labute approximate surface area is 112 Å². The Morgan fingerprint density at radius 1 is 1.68 bits per heavy atom. The Kier molecular flexibility index (Phi) is 4.70. The van der Waals surface area contributed by atoms with E-state index in [1.807, 2.05) is 6.92 Å². The average Bonchev–Trinajstić information content (AvgIpc) is 2.97. The number of anilines is 1. The second kappa shape index (κ2) is 6.49. The van der Waals surface area contributed by atoms with Gasteiger partial charge in [0.15, 0.2) is 0 Å². The fraction of sp³-hybridized carbons (Fsp3) is 0.538. The van der Waals surface area contributed by atoms with Crippen LogP contribution in [0.3, 0.4) is 0 Å². The number of carbonyl (C=O) groups is 1. The molecule has 6 nitrogen and oxygen atoms in total. The summed E-state index contributed by atoms with van der Waals surface area (Å²) in [6, 6.07) is 1.68. The first-order chi connectivity index (χ1) is 9.26. The Morgan fingerprint density at radius 2 is 2.53 bits per heavy atom. The predicted octanol–water partition coefficient (Wildman–Crippen LogP) is 1.01. The first-order valence-corrected chi connectivity index (χ1v) is 6.57. The van der Waals surface area contributed by atoms with E-state index in [1.165, 1.54) is 0 Å². The first-order valence-electron chi connectivity index (χ1n) is 6.57. The van der Waals surface area contributed by atoms with Gasteiger partial charge in [-0.05, 0) is 25.8 Å². The molecule has 0 aromatic carbocycles. The third-order valence-electron chi connectivity index (χ3n) is 3.32. The first kappa shape index (κ1) is 13.8. The number of aromatic nitrogens is 1. The van der Waals surface area contributed by atoms with E-state index < -0.39 is 0 Å². The van der Waals surface area contributed by atoms with Crippen LogP contribution in [0.25, 0.3) is 0 Å². The summed E-state index contributed by atoms with van der Waals surface area (Å²) < 4.78 is 5.58. The number of rotatable bonds is 5. The van der Waals surface area contributed by atoms with Crippen molar-refractivity contribution in [3.8, 4) is 0 Å². The molecule has 6 heteroatoms. The zero-order valence-corrected chi connectivity index (χ0v) is 11.1. The largest absolute Gasteiger partial charge is 0.376 e. The van der Waals surface area contributed by atoms with Gasteiger partial charge in [0.25, 0.3) is 5.91 Å². The van der Waals surface area contributed by atoms with E-state index in [4.69, 9.17) is 10.6 Å². The molecule has 2 rings (SSSR count). The van der Waals surface area contributed by atoms with E-state index in [0.29, 0.717) is 24.3 Å². The highest BCUT2D eigenvalue weighted by Crippen LogP contribution is 2.18. The lowest BCUT2D eigenvalue weighted by Crippen LogP contribution is -2.37. The number of hydrazine groups is 1. The molecule has 1 fully saturated rings. The molecule has 104 valence electrons. The van der Waals surface area contributed by atoms with Gasteiger partial charge in [-0.2, -0.15) is 0 Å². The summed E-state index contributed by atoms with van der Waals surface area (Å²) in [6.07, 6.45) is 5.38. The third kappa shape index (κ3) is 3.21. The van der Waals surface area contributed by atoms with E-state index in [9.17, 15) is 4.79 Å². The van der Waals surface area contributed by atoms with Gasteiger partial charge >= 0.3 is 0 Å². The summed E-state index contributed by atoms with van der Waals surface area (Å²) in [6.45, 7) is 4.03. The molecule has 1 aromatic rings. The fourth-order valence-corrected chi connectivity index (χ4v) is 2.26. The Balaban J connectivity index is 2.10. The van der Waals surface area contributed by atoms with Gasteiger partial charge in [-0.1, -0.05) is 0 Å². The zero-order valence-electron chi connectivity index (χ0n) is 11.1. The summed E-state index contributed by atoms with van der Waals surface area (Å²) in [7, 11) is 0. The minimum atomic E-state index is -0.0478. The minimum Gasteiger partial charge on any atom is -0.376 e. The van der Waals surface area contributed by atoms with Crippen molar-refractivity contribution in [1.82, 2.24) is 9.88 Å². The Bertz CT molecular complexity index is 432. The molecule has 1 saturated heterocycles. The molecular weight excluding hydrogens is 244 g/mol. The number of hydrogen-bond acceptors (Lipinski definition) is 5. The van der Waals surface area contributed by atoms with Gasteiger partial charge in [-0.25, -0.2) is 0 Å². The summed E-state index contributed by atoms with van der Waals surface area (Å²) in [4.78, 5) is 18.2. The van der Waals surface area contributed by atoms with Crippen LogP contribution in [0.2, 0.25) is 0 Å². The number of likely N-dealkylation sites (N-methyl/N-ethyl adjacent to an activating group) is 1. The van der Waals surface area contributed by atoms with Crippen LogP contribution in [0.1, 0.15) is 30.1 Å². The van der Waals surface area contributed by atoms with Crippen LogP contribution < -0.4 is 11.3 Å². The summed E-state index contributed by atoms with van der Waals surface area (Å²) in [5, 5.41) is 0. The number of nitrogens with zero attached hydrogens (tertiary/aromatic N) is 2. The maximum absolute atomic E-state index is 12.5. The highest BCUT2D eigenvalue weighted by molar-refractivity contribution is 5.99. The fourth-order valence-electron chi connectivity index (χ4n) is 2.26. The lowest BCUT2D eigenvalue weighted by molar-refractivity contribution is 0.0540.